The van der Waals surface area contributed by atoms with E-state index in [1.807, 2.05) is 6.07 Å². The molecule has 3 heteroatoms. The van der Waals surface area contributed by atoms with E-state index in [1.54, 1.807) is 12.1 Å². The van der Waals surface area contributed by atoms with Crippen LogP contribution in [-0.2, 0) is 0 Å². The largest absolute Gasteiger partial charge is 0.310 e. The molecule has 1 aliphatic carbocycles. The molecule has 1 aromatic rings. The minimum atomic E-state index is -0.171. The van der Waals surface area contributed by atoms with Crippen LogP contribution in [0.4, 0.5) is 4.39 Å². The molecule has 1 saturated carbocycles. The van der Waals surface area contributed by atoms with E-state index in [0.717, 1.165) is 17.4 Å². The summed E-state index contributed by atoms with van der Waals surface area (Å²) in [5, 5.41) is 3.69. The lowest BCUT2D eigenvalue weighted by Crippen LogP contribution is -2.29. The summed E-state index contributed by atoms with van der Waals surface area (Å²) in [6, 6.07) is 5.46. The summed E-state index contributed by atoms with van der Waals surface area (Å²) >= 11 is 3.55. The summed E-state index contributed by atoms with van der Waals surface area (Å²) in [5.41, 5.74) is 1.21. The first-order valence-electron chi connectivity index (χ1n) is 7.90. The van der Waals surface area contributed by atoms with Crippen LogP contribution < -0.4 is 5.32 Å². The lowest BCUT2D eigenvalue weighted by Gasteiger charge is -2.28. The maximum Gasteiger partial charge on any atom is 0.124 e. The predicted molar refractivity (Wildman–Crippen MR) is 86.3 cm³/mol. The highest BCUT2D eigenvalue weighted by molar-refractivity contribution is 9.10. The van der Waals surface area contributed by atoms with Gasteiger partial charge >= 0.3 is 0 Å². The lowest BCUT2D eigenvalue weighted by atomic mass is 9.87. The van der Waals surface area contributed by atoms with Gasteiger partial charge in [0, 0.05) is 10.5 Å². The minimum absolute atomic E-state index is 0.171. The van der Waals surface area contributed by atoms with Crippen molar-refractivity contribution in [1.82, 2.24) is 5.32 Å². The minimum Gasteiger partial charge on any atom is -0.310 e. The number of halogens is 2. The molecule has 0 aliphatic heterocycles. The van der Waals surface area contributed by atoms with Gasteiger partial charge in [0.1, 0.15) is 5.82 Å². The van der Waals surface area contributed by atoms with Crippen molar-refractivity contribution in [2.24, 2.45) is 5.92 Å². The van der Waals surface area contributed by atoms with Crippen LogP contribution in [0.1, 0.15) is 63.5 Å². The van der Waals surface area contributed by atoms with Gasteiger partial charge in [-0.25, -0.2) is 4.39 Å². The summed E-state index contributed by atoms with van der Waals surface area (Å²) in [6.07, 6.45) is 9.07. The Hall–Kier alpha value is -0.410. The molecule has 20 heavy (non-hydrogen) atoms. The van der Waals surface area contributed by atoms with Crippen molar-refractivity contribution >= 4 is 15.9 Å². The van der Waals surface area contributed by atoms with E-state index in [9.17, 15) is 4.39 Å². The SMILES string of the molecule is CCCNC(c1ccc(F)cc1Br)C1CCCCCC1. The molecule has 1 aliphatic rings. The van der Waals surface area contributed by atoms with Crippen molar-refractivity contribution in [3.63, 3.8) is 0 Å². The Bertz CT molecular complexity index is 413. The molecular formula is C17H25BrFN. The van der Waals surface area contributed by atoms with E-state index in [4.69, 9.17) is 0 Å². The van der Waals surface area contributed by atoms with Crippen LogP contribution in [0.5, 0.6) is 0 Å². The average Bonchev–Trinajstić information content (AvgIpc) is 2.70. The second-order valence-corrected chi connectivity index (χ2v) is 6.70. The third kappa shape index (κ3) is 4.29. The van der Waals surface area contributed by atoms with Crippen LogP contribution in [0, 0.1) is 11.7 Å². The van der Waals surface area contributed by atoms with Crippen molar-refractivity contribution in [2.45, 2.75) is 57.9 Å². The highest BCUT2D eigenvalue weighted by Crippen LogP contribution is 2.36. The number of nitrogens with one attached hydrogen (secondary N) is 1. The molecule has 0 bridgehead atoms. The molecule has 1 unspecified atom stereocenters. The molecular weight excluding hydrogens is 317 g/mol. The maximum atomic E-state index is 13.3. The van der Waals surface area contributed by atoms with Crippen molar-refractivity contribution in [1.29, 1.82) is 0 Å². The van der Waals surface area contributed by atoms with Gasteiger partial charge in [-0.2, -0.15) is 0 Å². The van der Waals surface area contributed by atoms with Crippen LogP contribution in [-0.4, -0.2) is 6.54 Å². The molecule has 1 nitrogen and oxygen atoms in total. The highest BCUT2D eigenvalue weighted by atomic mass is 79.9. The Morgan fingerprint density at radius 2 is 1.95 bits per heavy atom. The van der Waals surface area contributed by atoms with Crippen molar-refractivity contribution in [3.05, 3.63) is 34.1 Å². The van der Waals surface area contributed by atoms with Gasteiger partial charge in [-0.1, -0.05) is 54.6 Å². The van der Waals surface area contributed by atoms with E-state index >= 15 is 0 Å². The van der Waals surface area contributed by atoms with E-state index in [-0.39, 0.29) is 5.82 Å². The molecule has 1 atom stereocenters. The van der Waals surface area contributed by atoms with Gasteiger partial charge in [-0.15, -0.1) is 0 Å². The van der Waals surface area contributed by atoms with Gasteiger partial charge in [0.15, 0.2) is 0 Å². The summed E-state index contributed by atoms with van der Waals surface area (Å²) in [6.45, 7) is 3.21. The molecule has 0 saturated heterocycles. The molecule has 0 amide bonds. The predicted octanol–water partition coefficient (Wildman–Crippen LogP) is 5.60. The first-order chi connectivity index (χ1) is 9.72. The fourth-order valence-corrected chi connectivity index (χ4v) is 3.83. The number of benzene rings is 1. The molecule has 1 aromatic carbocycles. The summed E-state index contributed by atoms with van der Waals surface area (Å²) in [4.78, 5) is 0. The fourth-order valence-electron chi connectivity index (χ4n) is 3.23. The van der Waals surface area contributed by atoms with Crippen LogP contribution in [0.15, 0.2) is 22.7 Å². The molecule has 112 valence electrons. The summed E-state index contributed by atoms with van der Waals surface area (Å²) in [7, 11) is 0. The number of hydrogen-bond donors (Lipinski definition) is 1. The zero-order chi connectivity index (χ0) is 14.4. The Labute approximate surface area is 130 Å². The zero-order valence-electron chi connectivity index (χ0n) is 12.3. The smallest absolute Gasteiger partial charge is 0.124 e. The van der Waals surface area contributed by atoms with E-state index in [0.29, 0.717) is 12.0 Å². The van der Waals surface area contributed by atoms with Crippen LogP contribution in [0.2, 0.25) is 0 Å². The molecule has 0 spiro atoms. The molecule has 1 fully saturated rings. The van der Waals surface area contributed by atoms with Crippen LogP contribution in [0.3, 0.4) is 0 Å². The van der Waals surface area contributed by atoms with E-state index in [1.165, 1.54) is 44.1 Å². The molecule has 1 N–H and O–H groups in total. The van der Waals surface area contributed by atoms with Gasteiger partial charge in [0.25, 0.3) is 0 Å². The van der Waals surface area contributed by atoms with Gasteiger partial charge in [0.2, 0.25) is 0 Å². The standard InChI is InChI=1S/C17H25BrFN/c1-2-11-20-17(13-7-5-3-4-6-8-13)15-10-9-14(19)12-16(15)18/h9-10,12-13,17,20H,2-8,11H2,1H3. The first-order valence-corrected chi connectivity index (χ1v) is 8.70. The zero-order valence-corrected chi connectivity index (χ0v) is 13.9. The van der Waals surface area contributed by atoms with Gasteiger partial charge in [-0.05, 0) is 49.4 Å². The maximum absolute atomic E-state index is 13.3. The fraction of sp³-hybridized carbons (Fsp3) is 0.647. The van der Waals surface area contributed by atoms with Gasteiger partial charge < -0.3 is 5.32 Å². The summed E-state index contributed by atoms with van der Waals surface area (Å²) < 4.78 is 14.2. The summed E-state index contributed by atoms with van der Waals surface area (Å²) in [5.74, 6) is 0.501. The molecule has 0 radical (unpaired) electrons. The third-order valence-electron chi connectivity index (χ3n) is 4.28. The van der Waals surface area contributed by atoms with E-state index < -0.39 is 0 Å². The van der Waals surface area contributed by atoms with Crippen LogP contribution >= 0.6 is 15.9 Å². The Morgan fingerprint density at radius 3 is 2.55 bits per heavy atom. The number of hydrogen-bond acceptors (Lipinski definition) is 1. The van der Waals surface area contributed by atoms with Crippen molar-refractivity contribution in [3.8, 4) is 0 Å². The van der Waals surface area contributed by atoms with Crippen molar-refractivity contribution in [2.75, 3.05) is 6.54 Å². The average molecular weight is 342 g/mol. The molecule has 2 rings (SSSR count). The second-order valence-electron chi connectivity index (χ2n) is 5.85. The van der Waals surface area contributed by atoms with E-state index in [2.05, 4.69) is 28.2 Å². The third-order valence-corrected chi connectivity index (χ3v) is 4.97. The highest BCUT2D eigenvalue weighted by Gasteiger charge is 2.25. The Morgan fingerprint density at radius 1 is 1.25 bits per heavy atom. The van der Waals surface area contributed by atoms with Crippen molar-refractivity contribution < 1.29 is 4.39 Å². The Balaban J connectivity index is 2.20. The van der Waals surface area contributed by atoms with Crippen LogP contribution in [0.25, 0.3) is 0 Å². The molecule has 0 aromatic heterocycles. The topological polar surface area (TPSA) is 12.0 Å². The molecule has 0 heterocycles. The normalized spacial score (nSPS) is 18.8. The Kier molecular flexibility index (Phi) is 6.50. The van der Waals surface area contributed by atoms with Gasteiger partial charge in [-0.3, -0.25) is 0 Å². The quantitative estimate of drug-likeness (QED) is 0.687. The lowest BCUT2D eigenvalue weighted by molar-refractivity contribution is 0.324. The monoisotopic (exact) mass is 341 g/mol. The first kappa shape index (κ1) is 16.0. The second kappa shape index (κ2) is 8.14. The van der Waals surface area contributed by atoms with Gasteiger partial charge in [0.05, 0.1) is 0 Å². The number of rotatable bonds is 5.